The van der Waals surface area contributed by atoms with Crippen LogP contribution in [0.2, 0.25) is 0 Å². The van der Waals surface area contributed by atoms with Crippen LogP contribution in [0, 0.1) is 5.82 Å². The average Bonchev–Trinajstić information content (AvgIpc) is 3.32. The molecule has 0 bridgehead atoms. The summed E-state index contributed by atoms with van der Waals surface area (Å²) in [6, 6.07) is 8.22. The maximum atomic E-state index is 13.2. The van der Waals surface area contributed by atoms with Crippen LogP contribution < -0.4 is 5.32 Å². The number of fused-ring (bicyclic) bond motifs is 1. The quantitative estimate of drug-likeness (QED) is 0.502. The second kappa shape index (κ2) is 6.90. The Kier molecular flexibility index (Phi) is 4.47. The van der Waals surface area contributed by atoms with Crippen molar-refractivity contribution in [3.05, 3.63) is 41.5 Å². The van der Waals surface area contributed by atoms with Gasteiger partial charge in [-0.25, -0.2) is 14.4 Å². The van der Waals surface area contributed by atoms with Crippen molar-refractivity contribution in [1.82, 2.24) is 20.2 Å². The molecule has 0 radical (unpaired) electrons. The summed E-state index contributed by atoms with van der Waals surface area (Å²) >= 11 is 4.03. The smallest absolute Gasteiger partial charge is 0.236 e. The number of aromatic amines is 1. The molecule has 0 unspecified atom stereocenters. The zero-order valence-corrected chi connectivity index (χ0v) is 15.0. The number of carbonyl (C=O) groups excluding carboxylic acids is 1. The summed E-state index contributed by atoms with van der Waals surface area (Å²) in [6.45, 7) is 0. The van der Waals surface area contributed by atoms with Gasteiger partial charge >= 0.3 is 0 Å². The minimum atomic E-state index is -0.323. The molecule has 3 aromatic heterocycles. The fraction of sp³-hybridized carbons (Fsp3) is 0.0667. The second-order valence-corrected chi connectivity index (χ2v) is 7.83. The highest BCUT2D eigenvalue weighted by Crippen LogP contribution is 2.27. The first-order valence-electron chi connectivity index (χ1n) is 7.12. The summed E-state index contributed by atoms with van der Waals surface area (Å²) in [5.41, 5.74) is 0.656. The molecular weight excluding hydrogens is 381 g/mol. The van der Waals surface area contributed by atoms with Crippen molar-refractivity contribution in [2.45, 2.75) is 5.16 Å². The summed E-state index contributed by atoms with van der Waals surface area (Å²) in [6.07, 6.45) is 0. The van der Waals surface area contributed by atoms with Crippen LogP contribution in [-0.2, 0) is 4.79 Å². The molecule has 0 aliphatic heterocycles. The topological polar surface area (TPSA) is 83.6 Å². The van der Waals surface area contributed by atoms with Gasteiger partial charge in [-0.3, -0.25) is 9.89 Å². The fourth-order valence-corrected chi connectivity index (χ4v) is 4.24. The lowest BCUT2D eigenvalue weighted by molar-refractivity contribution is -0.113. The summed E-state index contributed by atoms with van der Waals surface area (Å²) in [5.74, 6) is 0.306. The van der Waals surface area contributed by atoms with E-state index in [1.807, 2.05) is 17.5 Å². The van der Waals surface area contributed by atoms with Gasteiger partial charge in [-0.1, -0.05) is 29.2 Å². The van der Waals surface area contributed by atoms with Gasteiger partial charge in [0, 0.05) is 0 Å². The largest absolute Gasteiger partial charge is 0.301 e. The minimum Gasteiger partial charge on any atom is -0.301 e. The summed E-state index contributed by atoms with van der Waals surface area (Å²) in [7, 11) is 0. The van der Waals surface area contributed by atoms with Gasteiger partial charge in [0.05, 0.1) is 20.8 Å². The van der Waals surface area contributed by atoms with E-state index < -0.39 is 0 Å². The molecule has 0 saturated heterocycles. The van der Waals surface area contributed by atoms with E-state index in [0.29, 0.717) is 26.3 Å². The van der Waals surface area contributed by atoms with E-state index >= 15 is 0 Å². The Labute approximate surface area is 153 Å². The lowest BCUT2D eigenvalue weighted by Gasteiger charge is -1.98. The molecule has 25 heavy (non-hydrogen) atoms. The molecule has 0 aliphatic carbocycles. The van der Waals surface area contributed by atoms with Gasteiger partial charge in [0.1, 0.15) is 5.82 Å². The number of nitrogens with zero attached hydrogens (tertiary/aromatic N) is 3. The van der Waals surface area contributed by atoms with Crippen LogP contribution in [0.15, 0.2) is 40.9 Å². The summed E-state index contributed by atoms with van der Waals surface area (Å²) in [4.78, 5) is 21.7. The molecule has 3 heterocycles. The van der Waals surface area contributed by atoms with Gasteiger partial charge in [-0.05, 0) is 29.6 Å². The predicted molar refractivity (Wildman–Crippen MR) is 98.6 cm³/mol. The van der Waals surface area contributed by atoms with Gasteiger partial charge in [-0.2, -0.15) is 0 Å². The van der Waals surface area contributed by atoms with E-state index in [2.05, 4.69) is 25.5 Å². The number of aromatic nitrogens is 4. The first-order valence-corrected chi connectivity index (χ1v) is 9.80. The molecule has 0 saturated carbocycles. The number of carbonyl (C=O) groups is 1. The summed E-state index contributed by atoms with van der Waals surface area (Å²) in [5, 5.41) is 12.6. The molecule has 0 spiro atoms. The van der Waals surface area contributed by atoms with Crippen LogP contribution in [0.5, 0.6) is 0 Å². The molecule has 1 aromatic carbocycles. The normalized spacial score (nSPS) is 11.1. The second-order valence-electron chi connectivity index (χ2n) is 4.91. The third-order valence-electron chi connectivity index (χ3n) is 3.15. The van der Waals surface area contributed by atoms with Crippen LogP contribution in [0.4, 0.5) is 9.52 Å². The van der Waals surface area contributed by atoms with Crippen molar-refractivity contribution < 1.29 is 9.18 Å². The Morgan fingerprint density at radius 1 is 1.32 bits per heavy atom. The average molecular weight is 391 g/mol. The third-order valence-corrected chi connectivity index (χ3v) is 5.81. The Bertz CT molecular complexity index is 1030. The van der Waals surface area contributed by atoms with Gasteiger partial charge < -0.3 is 5.32 Å². The van der Waals surface area contributed by atoms with Crippen LogP contribution in [0.1, 0.15) is 0 Å². The number of nitrogens with one attached hydrogen (secondary N) is 2. The Balaban J connectivity index is 1.37. The Morgan fingerprint density at radius 2 is 2.24 bits per heavy atom. The molecule has 4 aromatic rings. The molecule has 1 amide bonds. The van der Waals surface area contributed by atoms with Gasteiger partial charge in [0.25, 0.3) is 0 Å². The van der Waals surface area contributed by atoms with Crippen LogP contribution in [-0.4, -0.2) is 31.8 Å². The first kappa shape index (κ1) is 16.2. The van der Waals surface area contributed by atoms with Crippen molar-refractivity contribution in [1.29, 1.82) is 0 Å². The van der Waals surface area contributed by atoms with E-state index in [1.54, 1.807) is 17.4 Å². The first-order chi connectivity index (χ1) is 12.2. The maximum absolute atomic E-state index is 13.2. The highest BCUT2D eigenvalue weighted by molar-refractivity contribution is 7.99. The van der Waals surface area contributed by atoms with Crippen molar-refractivity contribution in [2.24, 2.45) is 0 Å². The highest BCUT2D eigenvalue weighted by atomic mass is 32.2. The molecule has 126 valence electrons. The van der Waals surface area contributed by atoms with E-state index in [-0.39, 0.29) is 17.5 Å². The minimum absolute atomic E-state index is 0.159. The SMILES string of the molecule is O=C(CSc1n[nH]c(-c2cccs2)n1)Nc1nc2ccc(F)cc2s1. The predicted octanol–water partition coefficient (Wildman–Crippen LogP) is 4.01. The van der Waals surface area contributed by atoms with Gasteiger partial charge in [-0.15, -0.1) is 16.4 Å². The number of H-pyrrole nitrogens is 1. The molecule has 0 atom stereocenters. The standard InChI is InChI=1S/C15H10FN5OS3/c16-8-3-4-9-11(6-8)25-14(17-9)18-12(22)7-24-15-19-13(20-21-15)10-2-1-5-23-10/h1-6H,7H2,(H,17,18,22)(H,19,20,21). The number of benzene rings is 1. The monoisotopic (exact) mass is 391 g/mol. The lowest BCUT2D eigenvalue weighted by atomic mass is 10.3. The molecule has 10 heteroatoms. The third kappa shape index (κ3) is 3.70. The number of anilines is 1. The number of thioether (sulfide) groups is 1. The van der Waals surface area contributed by atoms with Crippen LogP contribution >= 0.6 is 34.4 Å². The zero-order chi connectivity index (χ0) is 17.2. The Hall–Kier alpha value is -2.30. The van der Waals surface area contributed by atoms with Crippen molar-refractivity contribution >= 4 is 55.7 Å². The molecule has 6 nitrogen and oxygen atoms in total. The van der Waals surface area contributed by atoms with Crippen molar-refractivity contribution in [3.8, 4) is 10.7 Å². The van der Waals surface area contributed by atoms with Crippen molar-refractivity contribution in [2.75, 3.05) is 11.1 Å². The highest BCUT2D eigenvalue weighted by Gasteiger charge is 2.12. The molecule has 0 aliphatic rings. The number of halogens is 1. The number of amides is 1. The van der Waals surface area contributed by atoms with E-state index in [0.717, 1.165) is 4.88 Å². The van der Waals surface area contributed by atoms with E-state index in [1.165, 1.54) is 35.2 Å². The number of rotatable bonds is 5. The Morgan fingerprint density at radius 3 is 3.08 bits per heavy atom. The van der Waals surface area contributed by atoms with E-state index in [9.17, 15) is 9.18 Å². The molecule has 2 N–H and O–H groups in total. The maximum Gasteiger partial charge on any atom is 0.236 e. The molecule has 4 rings (SSSR count). The molecule has 0 fully saturated rings. The molecular formula is C15H10FN5OS3. The van der Waals surface area contributed by atoms with Crippen LogP contribution in [0.3, 0.4) is 0 Å². The number of hydrogen-bond donors (Lipinski definition) is 2. The van der Waals surface area contributed by atoms with Gasteiger partial charge in [0.2, 0.25) is 11.1 Å². The lowest BCUT2D eigenvalue weighted by Crippen LogP contribution is -2.13. The van der Waals surface area contributed by atoms with Crippen LogP contribution in [0.25, 0.3) is 20.9 Å². The number of thiazole rings is 1. The van der Waals surface area contributed by atoms with Gasteiger partial charge in [0.15, 0.2) is 11.0 Å². The summed E-state index contributed by atoms with van der Waals surface area (Å²) < 4.78 is 13.9. The zero-order valence-electron chi connectivity index (χ0n) is 12.5. The van der Waals surface area contributed by atoms with Crippen molar-refractivity contribution in [3.63, 3.8) is 0 Å². The fourth-order valence-electron chi connectivity index (χ4n) is 2.07. The van der Waals surface area contributed by atoms with E-state index in [4.69, 9.17) is 0 Å². The number of thiophene rings is 1. The number of hydrogen-bond acceptors (Lipinski definition) is 7.